The number of aryl methyl sites for hydroxylation is 2. The van der Waals surface area contributed by atoms with Crippen molar-refractivity contribution in [3.63, 3.8) is 0 Å². The van der Waals surface area contributed by atoms with E-state index in [0.29, 0.717) is 24.2 Å². The van der Waals surface area contributed by atoms with Gasteiger partial charge < -0.3 is 10.1 Å². The number of ether oxygens (including phenoxy) is 1. The number of anilines is 2. The molecule has 8 heteroatoms. The second-order valence-corrected chi connectivity index (χ2v) is 11.0. The Labute approximate surface area is 235 Å². The molecule has 1 N–H and O–H groups in total. The smallest absolute Gasteiger partial charge is 0.338 e. The molecule has 5 rings (SSSR count). The molecule has 0 spiro atoms. The Kier molecular flexibility index (Phi) is 7.66. The van der Waals surface area contributed by atoms with Crippen LogP contribution >= 0.6 is 15.9 Å². The minimum atomic E-state index is -0.668. The van der Waals surface area contributed by atoms with Crippen molar-refractivity contribution in [3.05, 3.63) is 93.5 Å². The first kappa shape index (κ1) is 26.8. The number of esters is 1. The fourth-order valence-electron chi connectivity index (χ4n) is 5.64. The first-order valence-corrected chi connectivity index (χ1v) is 13.8. The van der Waals surface area contributed by atoms with Gasteiger partial charge in [0, 0.05) is 10.2 Å². The van der Waals surface area contributed by atoms with Gasteiger partial charge in [0.25, 0.3) is 5.91 Å². The van der Waals surface area contributed by atoms with E-state index in [1.165, 1.54) is 22.6 Å². The van der Waals surface area contributed by atoms with E-state index in [1.807, 2.05) is 44.2 Å². The number of hydrogen-bond donors (Lipinski definition) is 1. The number of nitrogens with zero attached hydrogens (tertiary/aromatic N) is 1. The predicted octanol–water partition coefficient (Wildman–Crippen LogP) is 5.93. The second kappa shape index (κ2) is 11.1. The zero-order valence-electron chi connectivity index (χ0n) is 21.8. The van der Waals surface area contributed by atoms with E-state index in [9.17, 15) is 19.2 Å². The number of fused-ring (bicyclic) bond motifs is 1. The van der Waals surface area contributed by atoms with E-state index in [-0.39, 0.29) is 35.1 Å². The van der Waals surface area contributed by atoms with Crippen molar-refractivity contribution in [3.8, 4) is 0 Å². The summed E-state index contributed by atoms with van der Waals surface area (Å²) in [7, 11) is 0. The summed E-state index contributed by atoms with van der Waals surface area (Å²) >= 11 is 3.49. The van der Waals surface area contributed by atoms with Crippen molar-refractivity contribution in [1.29, 1.82) is 0 Å². The Hall–Kier alpha value is -3.78. The van der Waals surface area contributed by atoms with Gasteiger partial charge in [-0.25, -0.2) is 4.79 Å². The summed E-state index contributed by atoms with van der Waals surface area (Å²) in [5.74, 6) is -1.87. The minimum absolute atomic E-state index is 0.179. The minimum Gasteiger partial charge on any atom is -0.452 e. The van der Waals surface area contributed by atoms with Crippen molar-refractivity contribution in [2.75, 3.05) is 16.8 Å². The molecule has 0 bridgehead atoms. The number of carbonyl (C=O) groups excluding carboxylic acids is 4. The highest BCUT2D eigenvalue weighted by Crippen LogP contribution is 2.45. The molecule has 1 saturated heterocycles. The molecule has 39 heavy (non-hydrogen) atoms. The predicted molar refractivity (Wildman–Crippen MR) is 151 cm³/mol. The molecule has 3 aromatic rings. The molecule has 1 heterocycles. The van der Waals surface area contributed by atoms with Crippen LogP contribution < -0.4 is 10.2 Å². The quantitative estimate of drug-likeness (QED) is 0.284. The average Bonchev–Trinajstić information content (AvgIpc) is 3.19. The maximum atomic E-state index is 13.3. The van der Waals surface area contributed by atoms with Gasteiger partial charge >= 0.3 is 5.97 Å². The zero-order valence-corrected chi connectivity index (χ0v) is 23.4. The summed E-state index contributed by atoms with van der Waals surface area (Å²) in [5, 5.41) is 2.73. The van der Waals surface area contributed by atoms with Crippen LogP contribution in [0.25, 0.3) is 0 Å². The van der Waals surface area contributed by atoms with Crippen LogP contribution in [0.15, 0.2) is 71.2 Å². The van der Waals surface area contributed by atoms with E-state index in [2.05, 4.69) is 33.4 Å². The van der Waals surface area contributed by atoms with Gasteiger partial charge in [0.2, 0.25) is 11.8 Å². The number of benzene rings is 3. The van der Waals surface area contributed by atoms with Crippen LogP contribution in [-0.4, -0.2) is 30.3 Å². The Bertz CT molecular complexity index is 1410. The van der Waals surface area contributed by atoms with Crippen molar-refractivity contribution in [2.45, 2.75) is 39.0 Å². The molecule has 0 aromatic heterocycles. The molecule has 0 unspecified atom stereocenters. The van der Waals surface area contributed by atoms with Crippen LogP contribution in [0.5, 0.6) is 0 Å². The van der Waals surface area contributed by atoms with E-state index in [1.54, 1.807) is 12.1 Å². The molecule has 1 saturated carbocycles. The summed E-state index contributed by atoms with van der Waals surface area (Å²) in [6.45, 7) is 3.41. The van der Waals surface area contributed by atoms with Gasteiger partial charge in [-0.2, -0.15) is 0 Å². The summed E-state index contributed by atoms with van der Waals surface area (Å²) in [6, 6.07) is 19.9. The number of carbonyl (C=O) groups is 4. The summed E-state index contributed by atoms with van der Waals surface area (Å²) in [4.78, 5) is 52.6. The lowest BCUT2D eigenvalue weighted by molar-refractivity contribution is -0.122. The molecular weight excluding hydrogens is 560 g/mol. The number of hydrogen-bond acceptors (Lipinski definition) is 5. The molecule has 7 nitrogen and oxygen atoms in total. The van der Waals surface area contributed by atoms with Crippen LogP contribution in [0.3, 0.4) is 0 Å². The highest BCUT2D eigenvalue weighted by molar-refractivity contribution is 9.10. The topological polar surface area (TPSA) is 92.8 Å². The van der Waals surface area contributed by atoms with Crippen LogP contribution in [0.2, 0.25) is 0 Å². The Morgan fingerprint density at radius 2 is 1.56 bits per heavy atom. The van der Waals surface area contributed by atoms with E-state index >= 15 is 0 Å². The monoisotopic (exact) mass is 588 g/mol. The normalized spacial score (nSPS) is 20.5. The summed E-state index contributed by atoms with van der Waals surface area (Å²) in [6.07, 6.45) is 2.20. The molecule has 3 atom stereocenters. The SMILES string of the molecule is Cc1cc(NC(=O)COC(=O)c2ccc(N3C(=O)[C@@H]4CC[C@@H](c5ccccc5)C[C@H]4C3=O)cc2)cc(C)c1Br. The maximum Gasteiger partial charge on any atom is 0.338 e. The van der Waals surface area contributed by atoms with Crippen molar-refractivity contribution >= 4 is 51.0 Å². The van der Waals surface area contributed by atoms with Gasteiger partial charge in [0.05, 0.1) is 23.1 Å². The van der Waals surface area contributed by atoms with Crippen LogP contribution in [0.1, 0.15) is 52.2 Å². The largest absolute Gasteiger partial charge is 0.452 e. The first-order valence-electron chi connectivity index (χ1n) is 13.0. The van der Waals surface area contributed by atoms with Gasteiger partial charge in [0.15, 0.2) is 6.61 Å². The standard InChI is InChI=1S/C31H29BrN2O5/c1-18-14-23(15-19(2)28(18)32)33-27(35)17-39-31(38)21-8-11-24(12-9-21)34-29(36)25-13-10-22(16-26(25)30(34)37)20-6-4-3-5-7-20/h3-9,11-12,14-15,22,25-26H,10,13,16-17H2,1-2H3,(H,33,35)/t22-,25-,26-/m1/s1. The second-order valence-electron chi connectivity index (χ2n) is 10.2. The van der Waals surface area contributed by atoms with Crippen LogP contribution in [-0.2, 0) is 19.1 Å². The molecule has 3 aromatic carbocycles. The third-order valence-electron chi connectivity index (χ3n) is 7.61. The van der Waals surface area contributed by atoms with Gasteiger partial charge in [-0.15, -0.1) is 0 Å². The zero-order chi connectivity index (χ0) is 27.7. The summed E-state index contributed by atoms with van der Waals surface area (Å²) < 4.78 is 6.15. The Balaban J connectivity index is 1.19. The number of imide groups is 1. The maximum absolute atomic E-state index is 13.3. The lowest BCUT2D eigenvalue weighted by Crippen LogP contribution is -2.30. The fraction of sp³-hybridized carbons (Fsp3) is 0.290. The molecule has 0 radical (unpaired) electrons. The average molecular weight is 589 g/mol. The van der Waals surface area contributed by atoms with Crippen molar-refractivity contribution in [1.82, 2.24) is 0 Å². The molecule has 3 amide bonds. The Morgan fingerprint density at radius 3 is 2.23 bits per heavy atom. The van der Waals surface area contributed by atoms with E-state index in [4.69, 9.17) is 4.74 Å². The number of nitrogens with one attached hydrogen (secondary N) is 1. The molecule has 2 aliphatic rings. The Morgan fingerprint density at radius 1 is 0.923 bits per heavy atom. The third kappa shape index (κ3) is 5.52. The molecule has 2 fully saturated rings. The number of amides is 3. The van der Waals surface area contributed by atoms with Crippen molar-refractivity contribution < 1.29 is 23.9 Å². The van der Waals surface area contributed by atoms with Gasteiger partial charge in [-0.05, 0) is 92.1 Å². The van der Waals surface area contributed by atoms with Gasteiger partial charge in [-0.3, -0.25) is 19.3 Å². The van der Waals surface area contributed by atoms with Crippen LogP contribution in [0.4, 0.5) is 11.4 Å². The fourth-order valence-corrected chi connectivity index (χ4v) is 5.87. The van der Waals surface area contributed by atoms with Gasteiger partial charge in [-0.1, -0.05) is 46.3 Å². The lowest BCUT2D eigenvalue weighted by atomic mass is 9.73. The number of halogens is 1. The third-order valence-corrected chi connectivity index (χ3v) is 8.86. The van der Waals surface area contributed by atoms with Gasteiger partial charge in [0.1, 0.15) is 0 Å². The van der Waals surface area contributed by atoms with Crippen molar-refractivity contribution in [2.24, 2.45) is 11.8 Å². The number of rotatable bonds is 6. The highest BCUT2D eigenvalue weighted by Gasteiger charge is 2.50. The molecular formula is C31H29BrN2O5. The van der Waals surface area contributed by atoms with E-state index < -0.39 is 18.5 Å². The first-order chi connectivity index (χ1) is 18.7. The summed E-state index contributed by atoms with van der Waals surface area (Å²) in [5.41, 5.74) is 4.44. The molecule has 200 valence electrons. The lowest BCUT2D eigenvalue weighted by Gasteiger charge is -2.28. The highest BCUT2D eigenvalue weighted by atomic mass is 79.9. The van der Waals surface area contributed by atoms with E-state index in [0.717, 1.165) is 22.0 Å². The molecule has 1 aliphatic heterocycles. The van der Waals surface area contributed by atoms with Crippen LogP contribution in [0, 0.1) is 25.7 Å². The molecule has 1 aliphatic carbocycles.